The van der Waals surface area contributed by atoms with Crippen molar-refractivity contribution in [3.05, 3.63) is 24.0 Å². The topological polar surface area (TPSA) is 32.3 Å². The lowest BCUT2D eigenvalue weighted by Gasteiger charge is -2.39. The molecule has 16 heavy (non-hydrogen) atoms. The van der Waals surface area contributed by atoms with E-state index < -0.39 is 0 Å². The molecule has 0 atom stereocenters. The van der Waals surface area contributed by atoms with E-state index in [0.717, 1.165) is 5.69 Å². The number of halogens is 1. The predicted octanol–water partition coefficient (Wildman–Crippen LogP) is 2.38. The summed E-state index contributed by atoms with van der Waals surface area (Å²) in [6.07, 6.45) is 0. The van der Waals surface area contributed by atoms with Crippen molar-refractivity contribution in [3.8, 4) is 0 Å². The van der Waals surface area contributed by atoms with Gasteiger partial charge < -0.3 is 10.2 Å². The Kier molecular flexibility index (Phi) is 2.37. The minimum Gasteiger partial charge on any atom is -0.374 e. The van der Waals surface area contributed by atoms with Crippen molar-refractivity contribution in [1.29, 1.82) is 0 Å². The molecule has 3 nitrogen and oxygen atoms in total. The summed E-state index contributed by atoms with van der Waals surface area (Å²) in [6, 6.07) is 4.43. The van der Waals surface area contributed by atoms with Crippen molar-refractivity contribution in [2.45, 2.75) is 26.3 Å². The number of carbonyl (C=O) groups is 1. The lowest BCUT2D eigenvalue weighted by molar-refractivity contribution is -0.118. The Morgan fingerprint density at radius 1 is 1.38 bits per heavy atom. The van der Waals surface area contributed by atoms with Crippen molar-refractivity contribution in [3.63, 3.8) is 0 Å². The molecule has 0 fully saturated rings. The molecule has 1 heterocycles. The summed E-state index contributed by atoms with van der Waals surface area (Å²) in [7, 11) is 0. The van der Waals surface area contributed by atoms with Gasteiger partial charge in [-0.05, 0) is 39.0 Å². The first-order valence-corrected chi connectivity index (χ1v) is 5.26. The Bertz CT molecular complexity index is 437. The summed E-state index contributed by atoms with van der Waals surface area (Å²) >= 11 is 0. The zero-order valence-corrected chi connectivity index (χ0v) is 9.67. The SMILES string of the molecule is CC(C)(C)N1C(=O)CNc2cc(F)ccc21. The number of nitrogens with one attached hydrogen (secondary N) is 1. The lowest BCUT2D eigenvalue weighted by Crippen LogP contribution is -2.50. The molecular weight excluding hydrogens is 207 g/mol. The summed E-state index contributed by atoms with van der Waals surface area (Å²) in [5.74, 6) is -0.291. The van der Waals surface area contributed by atoms with Crippen LogP contribution in [-0.2, 0) is 4.79 Å². The molecule has 1 amide bonds. The minimum absolute atomic E-state index is 0.00612. The highest BCUT2D eigenvalue weighted by atomic mass is 19.1. The van der Waals surface area contributed by atoms with Crippen LogP contribution in [0.3, 0.4) is 0 Å². The van der Waals surface area contributed by atoms with Gasteiger partial charge in [0.05, 0.1) is 17.9 Å². The standard InChI is InChI=1S/C12H15FN2O/c1-12(2,3)15-10-5-4-8(13)6-9(10)14-7-11(15)16/h4-6,14H,7H2,1-3H3. The van der Waals surface area contributed by atoms with Crippen molar-refractivity contribution in [1.82, 2.24) is 0 Å². The van der Waals surface area contributed by atoms with E-state index in [2.05, 4.69) is 5.32 Å². The summed E-state index contributed by atoms with van der Waals surface area (Å²) in [6.45, 7) is 6.10. The number of anilines is 2. The van der Waals surface area contributed by atoms with Crippen LogP contribution in [0.4, 0.5) is 15.8 Å². The molecule has 1 N–H and O–H groups in total. The fourth-order valence-electron chi connectivity index (χ4n) is 1.96. The van der Waals surface area contributed by atoms with Crippen LogP contribution in [-0.4, -0.2) is 18.0 Å². The van der Waals surface area contributed by atoms with Crippen molar-refractivity contribution in [2.24, 2.45) is 0 Å². The van der Waals surface area contributed by atoms with Gasteiger partial charge in [0.2, 0.25) is 5.91 Å². The van der Waals surface area contributed by atoms with Gasteiger partial charge in [0.1, 0.15) is 5.82 Å². The Labute approximate surface area is 94.3 Å². The average molecular weight is 222 g/mol. The molecule has 1 aliphatic heterocycles. The highest BCUT2D eigenvalue weighted by Gasteiger charge is 2.32. The Balaban J connectivity index is 2.53. The third kappa shape index (κ3) is 1.75. The molecular formula is C12H15FN2O. The monoisotopic (exact) mass is 222 g/mol. The van der Waals surface area contributed by atoms with E-state index in [4.69, 9.17) is 0 Å². The van der Waals surface area contributed by atoms with Crippen LogP contribution in [0.15, 0.2) is 18.2 Å². The molecule has 0 radical (unpaired) electrons. The second-order valence-electron chi connectivity index (χ2n) is 4.91. The number of carbonyl (C=O) groups excluding carboxylic acids is 1. The van der Waals surface area contributed by atoms with Crippen LogP contribution in [0.2, 0.25) is 0 Å². The van der Waals surface area contributed by atoms with E-state index >= 15 is 0 Å². The summed E-state index contributed by atoms with van der Waals surface area (Å²) in [4.78, 5) is 13.6. The molecule has 2 rings (SSSR count). The smallest absolute Gasteiger partial charge is 0.246 e. The second kappa shape index (κ2) is 3.47. The molecule has 0 saturated heterocycles. The van der Waals surface area contributed by atoms with Crippen LogP contribution in [0.5, 0.6) is 0 Å². The Morgan fingerprint density at radius 3 is 2.69 bits per heavy atom. The minimum atomic E-state index is -0.300. The van der Waals surface area contributed by atoms with Gasteiger partial charge in [0.15, 0.2) is 0 Å². The van der Waals surface area contributed by atoms with Crippen LogP contribution < -0.4 is 10.2 Å². The highest BCUT2D eigenvalue weighted by Crippen LogP contribution is 2.34. The van der Waals surface area contributed by atoms with Crippen molar-refractivity contribution in [2.75, 3.05) is 16.8 Å². The van der Waals surface area contributed by atoms with E-state index in [-0.39, 0.29) is 23.8 Å². The summed E-state index contributed by atoms with van der Waals surface area (Å²) in [5, 5.41) is 2.92. The number of hydrogen-bond acceptors (Lipinski definition) is 2. The van der Waals surface area contributed by atoms with Gasteiger partial charge in [0, 0.05) is 5.54 Å². The number of amides is 1. The predicted molar refractivity (Wildman–Crippen MR) is 62.1 cm³/mol. The zero-order chi connectivity index (χ0) is 11.9. The summed E-state index contributed by atoms with van der Waals surface area (Å²) < 4.78 is 13.1. The van der Waals surface area contributed by atoms with E-state index in [1.807, 2.05) is 20.8 Å². The third-order valence-electron chi connectivity index (χ3n) is 2.55. The fourth-order valence-corrected chi connectivity index (χ4v) is 1.96. The largest absolute Gasteiger partial charge is 0.374 e. The number of rotatable bonds is 0. The van der Waals surface area contributed by atoms with Gasteiger partial charge in [-0.15, -0.1) is 0 Å². The number of fused-ring (bicyclic) bond motifs is 1. The molecule has 0 aromatic heterocycles. The second-order valence-corrected chi connectivity index (χ2v) is 4.91. The number of benzene rings is 1. The van der Waals surface area contributed by atoms with Gasteiger partial charge in [-0.1, -0.05) is 0 Å². The van der Waals surface area contributed by atoms with E-state index in [0.29, 0.717) is 5.69 Å². The van der Waals surface area contributed by atoms with E-state index in [1.54, 1.807) is 11.0 Å². The molecule has 0 saturated carbocycles. The third-order valence-corrected chi connectivity index (χ3v) is 2.55. The van der Waals surface area contributed by atoms with Gasteiger partial charge >= 0.3 is 0 Å². The molecule has 0 unspecified atom stereocenters. The normalized spacial score (nSPS) is 15.8. The van der Waals surface area contributed by atoms with Crippen LogP contribution in [0, 0.1) is 5.82 Å². The fraction of sp³-hybridized carbons (Fsp3) is 0.417. The van der Waals surface area contributed by atoms with E-state index in [9.17, 15) is 9.18 Å². The lowest BCUT2D eigenvalue weighted by atomic mass is 10.0. The molecule has 1 aromatic rings. The van der Waals surface area contributed by atoms with Crippen LogP contribution in [0.1, 0.15) is 20.8 Å². The summed E-state index contributed by atoms with van der Waals surface area (Å²) in [5.41, 5.74) is 1.12. The van der Waals surface area contributed by atoms with Gasteiger partial charge in [-0.2, -0.15) is 0 Å². The Morgan fingerprint density at radius 2 is 2.06 bits per heavy atom. The highest BCUT2D eigenvalue weighted by molar-refractivity contribution is 6.03. The molecule has 86 valence electrons. The maximum absolute atomic E-state index is 13.1. The first kappa shape index (κ1) is 10.9. The molecule has 0 aliphatic carbocycles. The van der Waals surface area contributed by atoms with Crippen molar-refractivity contribution >= 4 is 17.3 Å². The van der Waals surface area contributed by atoms with Gasteiger partial charge in [-0.3, -0.25) is 4.79 Å². The molecule has 4 heteroatoms. The Hall–Kier alpha value is -1.58. The molecule has 0 spiro atoms. The average Bonchev–Trinajstić information content (AvgIpc) is 2.16. The van der Waals surface area contributed by atoms with Crippen molar-refractivity contribution < 1.29 is 9.18 Å². The first-order valence-electron chi connectivity index (χ1n) is 5.26. The van der Waals surface area contributed by atoms with Gasteiger partial charge in [-0.25, -0.2) is 4.39 Å². The first-order chi connectivity index (χ1) is 7.39. The molecule has 1 aliphatic rings. The quantitative estimate of drug-likeness (QED) is 0.731. The van der Waals surface area contributed by atoms with Crippen LogP contribution >= 0.6 is 0 Å². The molecule has 0 bridgehead atoms. The maximum Gasteiger partial charge on any atom is 0.246 e. The zero-order valence-electron chi connectivity index (χ0n) is 9.67. The number of nitrogens with zero attached hydrogens (tertiary/aromatic N) is 1. The maximum atomic E-state index is 13.1. The number of hydrogen-bond donors (Lipinski definition) is 1. The van der Waals surface area contributed by atoms with Crippen LogP contribution in [0.25, 0.3) is 0 Å². The molecule has 1 aromatic carbocycles. The van der Waals surface area contributed by atoms with Gasteiger partial charge in [0.25, 0.3) is 0 Å². The van der Waals surface area contributed by atoms with E-state index in [1.165, 1.54) is 12.1 Å².